The molecule has 0 bridgehead atoms. The van der Waals surface area contributed by atoms with Gasteiger partial charge in [0.25, 0.3) is 0 Å². The maximum absolute atomic E-state index is 12.2. The van der Waals surface area contributed by atoms with Crippen LogP contribution < -0.4 is 9.47 Å². The number of hydrogen-bond donors (Lipinski definition) is 0. The molecule has 0 saturated heterocycles. The number of ether oxygens (including phenoxy) is 2. The third-order valence-corrected chi connectivity index (χ3v) is 4.18. The molecule has 0 radical (unpaired) electrons. The Morgan fingerprint density at radius 3 is 2.37 bits per heavy atom. The lowest BCUT2D eigenvalue weighted by Gasteiger charge is -2.11. The fourth-order valence-electron chi connectivity index (χ4n) is 2.92. The number of hydrogen-bond acceptors (Lipinski definition) is 6. The zero-order chi connectivity index (χ0) is 19.4. The standard InChI is InChI=1S/C21H22N2O4/c1-13-11-14(2)20(15(3)12-13)26-19(24)10-9-18-22-21(23-27-18)16-5-7-17(25-4)8-6-16/h5-8,11-12H,9-10H2,1-4H3. The molecule has 140 valence electrons. The monoisotopic (exact) mass is 366 g/mol. The molecule has 0 fully saturated rings. The molecule has 0 aliphatic carbocycles. The molecule has 3 aromatic rings. The van der Waals surface area contributed by atoms with Crippen molar-refractivity contribution >= 4 is 5.97 Å². The van der Waals surface area contributed by atoms with E-state index in [1.54, 1.807) is 7.11 Å². The molecule has 0 aliphatic rings. The Bertz CT molecular complexity index is 922. The molecule has 3 rings (SSSR count). The van der Waals surface area contributed by atoms with E-state index in [1.807, 2.05) is 57.2 Å². The van der Waals surface area contributed by atoms with E-state index in [2.05, 4.69) is 10.1 Å². The summed E-state index contributed by atoms with van der Waals surface area (Å²) in [5, 5.41) is 3.96. The smallest absolute Gasteiger partial charge is 0.311 e. The fraction of sp³-hybridized carbons (Fsp3) is 0.286. The predicted octanol–water partition coefficient (Wildman–Crippen LogP) is 4.21. The zero-order valence-corrected chi connectivity index (χ0v) is 15.9. The van der Waals surface area contributed by atoms with Gasteiger partial charge in [-0.05, 0) is 56.2 Å². The van der Waals surface area contributed by atoms with Crippen LogP contribution in [0.5, 0.6) is 11.5 Å². The Balaban J connectivity index is 1.60. The first-order valence-corrected chi connectivity index (χ1v) is 8.72. The minimum atomic E-state index is -0.325. The van der Waals surface area contributed by atoms with E-state index in [0.717, 1.165) is 28.0 Å². The zero-order valence-electron chi connectivity index (χ0n) is 15.9. The first kappa shape index (κ1) is 18.6. The molecule has 2 aromatic carbocycles. The van der Waals surface area contributed by atoms with Crippen molar-refractivity contribution in [2.24, 2.45) is 0 Å². The highest BCUT2D eigenvalue weighted by Crippen LogP contribution is 2.25. The second kappa shape index (κ2) is 8.03. The summed E-state index contributed by atoms with van der Waals surface area (Å²) in [5.74, 6) is 1.93. The Labute approximate surface area is 158 Å². The number of benzene rings is 2. The van der Waals surface area contributed by atoms with Crippen LogP contribution in [0.15, 0.2) is 40.9 Å². The van der Waals surface area contributed by atoms with Crippen molar-refractivity contribution < 1.29 is 18.8 Å². The number of esters is 1. The molecular formula is C21H22N2O4. The highest BCUT2D eigenvalue weighted by atomic mass is 16.5. The predicted molar refractivity (Wildman–Crippen MR) is 101 cm³/mol. The number of aromatic nitrogens is 2. The molecular weight excluding hydrogens is 344 g/mol. The van der Waals surface area contributed by atoms with E-state index < -0.39 is 0 Å². The number of aryl methyl sites for hydroxylation is 4. The van der Waals surface area contributed by atoms with Gasteiger partial charge in [0.2, 0.25) is 11.7 Å². The van der Waals surface area contributed by atoms with E-state index in [4.69, 9.17) is 14.0 Å². The van der Waals surface area contributed by atoms with Crippen LogP contribution in [0.3, 0.4) is 0 Å². The van der Waals surface area contributed by atoms with Gasteiger partial charge in [0.05, 0.1) is 13.5 Å². The average molecular weight is 366 g/mol. The number of carbonyl (C=O) groups excluding carboxylic acids is 1. The molecule has 0 N–H and O–H groups in total. The maximum Gasteiger partial charge on any atom is 0.311 e. The Morgan fingerprint density at radius 1 is 1.07 bits per heavy atom. The highest BCUT2D eigenvalue weighted by Gasteiger charge is 2.14. The Hall–Kier alpha value is -3.15. The Kier molecular flexibility index (Phi) is 5.54. The molecule has 0 unspecified atom stereocenters. The summed E-state index contributed by atoms with van der Waals surface area (Å²) in [7, 11) is 1.61. The summed E-state index contributed by atoms with van der Waals surface area (Å²) >= 11 is 0. The maximum atomic E-state index is 12.2. The summed E-state index contributed by atoms with van der Waals surface area (Å²) in [4.78, 5) is 16.5. The Morgan fingerprint density at radius 2 is 1.74 bits per heavy atom. The van der Waals surface area contributed by atoms with Crippen molar-refractivity contribution in [3.05, 3.63) is 59.0 Å². The lowest BCUT2D eigenvalue weighted by Crippen LogP contribution is -2.11. The van der Waals surface area contributed by atoms with Gasteiger partial charge in [-0.1, -0.05) is 22.9 Å². The van der Waals surface area contributed by atoms with Crippen LogP contribution in [0.1, 0.15) is 29.0 Å². The average Bonchev–Trinajstić information content (AvgIpc) is 3.12. The van der Waals surface area contributed by atoms with Crippen LogP contribution in [0.25, 0.3) is 11.4 Å². The number of methoxy groups -OCH3 is 1. The number of nitrogens with zero attached hydrogens (tertiary/aromatic N) is 2. The van der Waals surface area contributed by atoms with Crippen molar-refractivity contribution in [1.82, 2.24) is 10.1 Å². The molecule has 27 heavy (non-hydrogen) atoms. The van der Waals surface area contributed by atoms with E-state index in [-0.39, 0.29) is 12.4 Å². The van der Waals surface area contributed by atoms with E-state index in [1.165, 1.54) is 0 Å². The van der Waals surface area contributed by atoms with Gasteiger partial charge in [-0.15, -0.1) is 0 Å². The van der Waals surface area contributed by atoms with Crippen molar-refractivity contribution in [2.75, 3.05) is 7.11 Å². The topological polar surface area (TPSA) is 74.5 Å². The first-order valence-electron chi connectivity index (χ1n) is 8.72. The summed E-state index contributed by atoms with van der Waals surface area (Å²) in [5.41, 5.74) is 3.85. The summed E-state index contributed by atoms with van der Waals surface area (Å²) in [6, 6.07) is 11.3. The van der Waals surface area contributed by atoms with E-state index in [9.17, 15) is 4.79 Å². The molecule has 0 aliphatic heterocycles. The second-order valence-electron chi connectivity index (χ2n) is 6.44. The van der Waals surface area contributed by atoms with Crippen molar-refractivity contribution in [3.63, 3.8) is 0 Å². The third-order valence-electron chi connectivity index (χ3n) is 4.18. The number of rotatable bonds is 6. The third kappa shape index (κ3) is 4.53. The summed E-state index contributed by atoms with van der Waals surface area (Å²) in [6.07, 6.45) is 0.489. The molecule has 1 heterocycles. The minimum absolute atomic E-state index is 0.164. The van der Waals surface area contributed by atoms with Gasteiger partial charge in [-0.2, -0.15) is 4.98 Å². The minimum Gasteiger partial charge on any atom is -0.497 e. The lowest BCUT2D eigenvalue weighted by molar-refractivity contribution is -0.134. The van der Waals surface area contributed by atoms with Crippen LogP contribution in [0.4, 0.5) is 0 Å². The van der Waals surface area contributed by atoms with Crippen LogP contribution in [0, 0.1) is 20.8 Å². The van der Waals surface area contributed by atoms with E-state index in [0.29, 0.717) is 23.9 Å². The van der Waals surface area contributed by atoms with Crippen LogP contribution in [-0.2, 0) is 11.2 Å². The molecule has 0 saturated carbocycles. The molecule has 0 spiro atoms. The van der Waals surface area contributed by atoms with Crippen LogP contribution in [0.2, 0.25) is 0 Å². The normalized spacial score (nSPS) is 10.7. The number of carbonyl (C=O) groups is 1. The fourth-order valence-corrected chi connectivity index (χ4v) is 2.92. The first-order chi connectivity index (χ1) is 13.0. The van der Waals surface area contributed by atoms with Gasteiger partial charge in [-0.3, -0.25) is 4.79 Å². The largest absolute Gasteiger partial charge is 0.497 e. The van der Waals surface area contributed by atoms with Gasteiger partial charge in [0.1, 0.15) is 11.5 Å². The molecule has 6 heteroatoms. The van der Waals surface area contributed by atoms with Gasteiger partial charge in [0.15, 0.2) is 0 Å². The van der Waals surface area contributed by atoms with Crippen molar-refractivity contribution in [1.29, 1.82) is 0 Å². The van der Waals surface area contributed by atoms with Crippen LogP contribution in [-0.4, -0.2) is 23.2 Å². The lowest BCUT2D eigenvalue weighted by atomic mass is 10.1. The van der Waals surface area contributed by atoms with Gasteiger partial charge in [0, 0.05) is 12.0 Å². The second-order valence-corrected chi connectivity index (χ2v) is 6.44. The van der Waals surface area contributed by atoms with E-state index >= 15 is 0 Å². The van der Waals surface area contributed by atoms with Gasteiger partial charge >= 0.3 is 5.97 Å². The highest BCUT2D eigenvalue weighted by molar-refractivity contribution is 5.73. The summed E-state index contributed by atoms with van der Waals surface area (Å²) in [6.45, 7) is 5.88. The van der Waals surface area contributed by atoms with Crippen molar-refractivity contribution in [2.45, 2.75) is 33.6 Å². The molecule has 1 aromatic heterocycles. The van der Waals surface area contributed by atoms with Gasteiger partial charge < -0.3 is 14.0 Å². The summed E-state index contributed by atoms with van der Waals surface area (Å²) < 4.78 is 15.9. The molecule has 0 atom stereocenters. The SMILES string of the molecule is COc1ccc(-c2noc(CCC(=O)Oc3c(C)cc(C)cc3C)n2)cc1. The molecule has 6 nitrogen and oxygen atoms in total. The quantitative estimate of drug-likeness (QED) is 0.481. The van der Waals surface area contributed by atoms with Crippen molar-refractivity contribution in [3.8, 4) is 22.9 Å². The van der Waals surface area contributed by atoms with Gasteiger partial charge in [-0.25, -0.2) is 0 Å². The molecule has 0 amide bonds. The van der Waals surface area contributed by atoms with Crippen LogP contribution >= 0.6 is 0 Å².